The number of carbonyl (C=O) groups is 3. The first-order valence-electron chi connectivity index (χ1n) is 15.6. The number of methoxy groups -OCH3 is 1. The van der Waals surface area contributed by atoms with Gasteiger partial charge < -0.3 is 25.0 Å². The maximum absolute atomic E-state index is 12.9. The van der Waals surface area contributed by atoms with Gasteiger partial charge in [-0.15, -0.1) is 0 Å². The van der Waals surface area contributed by atoms with E-state index in [1.54, 1.807) is 20.1 Å². The predicted molar refractivity (Wildman–Crippen MR) is 166 cm³/mol. The largest absolute Gasteiger partial charge is 0.497 e. The van der Waals surface area contributed by atoms with Crippen LogP contribution in [0.3, 0.4) is 0 Å². The summed E-state index contributed by atoms with van der Waals surface area (Å²) in [7, 11) is 1.62. The second-order valence-corrected chi connectivity index (χ2v) is 11.0. The molecule has 42 heavy (non-hydrogen) atoms. The summed E-state index contributed by atoms with van der Waals surface area (Å²) in [5, 5.41) is 5.93. The minimum atomic E-state index is -0.253. The number of amides is 2. The molecule has 8 nitrogen and oxygen atoms in total. The second-order valence-electron chi connectivity index (χ2n) is 11.0. The lowest BCUT2D eigenvalue weighted by Crippen LogP contribution is -2.43. The van der Waals surface area contributed by atoms with Crippen LogP contribution in [0.2, 0.25) is 0 Å². The minimum Gasteiger partial charge on any atom is -0.497 e. The molecule has 2 amide bonds. The zero-order chi connectivity index (χ0) is 30.2. The number of nitrogens with zero attached hydrogens (tertiary/aromatic N) is 1. The third-order valence-electron chi connectivity index (χ3n) is 7.90. The molecule has 4 rings (SSSR count). The highest BCUT2D eigenvalue weighted by molar-refractivity contribution is 5.96. The Morgan fingerprint density at radius 2 is 1.67 bits per heavy atom. The smallest absolute Gasteiger partial charge is 0.251 e. The van der Waals surface area contributed by atoms with Gasteiger partial charge in [0.1, 0.15) is 11.5 Å². The molecule has 8 heteroatoms. The summed E-state index contributed by atoms with van der Waals surface area (Å²) in [6, 6.07) is 13.2. The van der Waals surface area contributed by atoms with Gasteiger partial charge in [-0.25, -0.2) is 0 Å². The first-order valence-corrected chi connectivity index (χ1v) is 15.6. The number of hydrogen-bond acceptors (Lipinski definition) is 6. The third kappa shape index (κ3) is 10.8. The Balaban J connectivity index is 0.000000715. The van der Waals surface area contributed by atoms with Gasteiger partial charge in [0, 0.05) is 49.2 Å². The summed E-state index contributed by atoms with van der Waals surface area (Å²) >= 11 is 0. The van der Waals surface area contributed by atoms with E-state index in [0.29, 0.717) is 31.7 Å². The van der Waals surface area contributed by atoms with Crippen molar-refractivity contribution in [2.24, 2.45) is 0 Å². The van der Waals surface area contributed by atoms with Crippen molar-refractivity contribution >= 4 is 17.6 Å². The zero-order valence-corrected chi connectivity index (χ0v) is 25.7. The molecular weight excluding hydrogens is 530 g/mol. The molecule has 0 aromatic heterocycles. The van der Waals surface area contributed by atoms with Crippen LogP contribution in [0.1, 0.15) is 99.0 Å². The lowest BCUT2D eigenvalue weighted by molar-refractivity contribution is -0.131. The molecule has 1 unspecified atom stereocenters. The van der Waals surface area contributed by atoms with Gasteiger partial charge in [0.2, 0.25) is 5.91 Å². The van der Waals surface area contributed by atoms with Crippen LogP contribution in [0, 0.1) is 0 Å². The van der Waals surface area contributed by atoms with Crippen LogP contribution in [-0.2, 0) is 16.1 Å². The normalized spacial score (nSPS) is 16.5. The van der Waals surface area contributed by atoms with E-state index in [1.165, 1.54) is 38.5 Å². The summed E-state index contributed by atoms with van der Waals surface area (Å²) in [6.45, 7) is 6.39. The molecule has 230 valence electrons. The maximum Gasteiger partial charge on any atom is 0.251 e. The predicted octanol–water partition coefficient (Wildman–Crippen LogP) is 5.64. The second kappa shape index (κ2) is 18.2. The number of likely N-dealkylation sites (tertiary alicyclic amines) is 1. The Morgan fingerprint density at radius 1 is 0.929 bits per heavy atom. The summed E-state index contributed by atoms with van der Waals surface area (Å²) in [5.74, 6) is 1.44. The van der Waals surface area contributed by atoms with Crippen molar-refractivity contribution in [2.45, 2.75) is 84.1 Å². The molecule has 1 saturated carbocycles. The monoisotopic (exact) mass is 579 g/mol. The minimum absolute atomic E-state index is 0.00403. The highest BCUT2D eigenvalue weighted by Gasteiger charge is 2.25. The van der Waals surface area contributed by atoms with E-state index < -0.39 is 0 Å². The lowest BCUT2D eigenvalue weighted by atomic mass is 9.89. The number of rotatable bonds is 12. The Kier molecular flexibility index (Phi) is 14.4. The van der Waals surface area contributed by atoms with E-state index in [2.05, 4.69) is 10.6 Å². The molecule has 0 radical (unpaired) electrons. The van der Waals surface area contributed by atoms with Crippen molar-refractivity contribution in [3.05, 3.63) is 59.2 Å². The van der Waals surface area contributed by atoms with Crippen molar-refractivity contribution < 1.29 is 23.9 Å². The van der Waals surface area contributed by atoms with Crippen molar-refractivity contribution in [1.82, 2.24) is 15.5 Å². The first kappa shape index (κ1) is 33.1. The Hall–Kier alpha value is -3.39. The van der Waals surface area contributed by atoms with Gasteiger partial charge >= 0.3 is 0 Å². The fourth-order valence-corrected chi connectivity index (χ4v) is 5.39. The summed E-state index contributed by atoms with van der Waals surface area (Å²) in [5.41, 5.74) is 2.54. The number of benzene rings is 2. The van der Waals surface area contributed by atoms with Crippen molar-refractivity contribution in [2.75, 3.05) is 39.9 Å². The molecule has 2 N–H and O–H groups in total. The van der Waals surface area contributed by atoms with Crippen LogP contribution in [0.15, 0.2) is 42.5 Å². The molecule has 1 aliphatic carbocycles. The summed E-state index contributed by atoms with van der Waals surface area (Å²) in [4.78, 5) is 38.8. The van der Waals surface area contributed by atoms with Crippen molar-refractivity contribution in [3.63, 3.8) is 0 Å². The van der Waals surface area contributed by atoms with E-state index in [0.717, 1.165) is 42.0 Å². The molecule has 2 aromatic carbocycles. The highest BCUT2D eigenvalue weighted by atomic mass is 16.5. The van der Waals surface area contributed by atoms with Crippen LogP contribution in [0.25, 0.3) is 0 Å². The van der Waals surface area contributed by atoms with E-state index in [-0.39, 0.29) is 36.6 Å². The molecular formula is C34H49N3O5. The standard InChI is InChI=1S/C28H37N3O5.C6H12/c1-4-24(32)17-30-28(34)21-9-6-8-20(14-21)23-10-7-13-31(19-23)27(33)18-29-16-22-11-12-25(35-3)15-26(22)36-5-2;1-2-4-6-5-3-1/h6,8-9,11-12,14-15,23,29H,4-5,7,10,13,16-19H2,1-3H3,(H,30,34);1-6H2. The van der Waals surface area contributed by atoms with Gasteiger partial charge in [-0.3, -0.25) is 14.4 Å². The maximum atomic E-state index is 12.9. The topological polar surface area (TPSA) is 97.0 Å². The SMILES string of the molecule is C1CCCCC1.CCOc1cc(OC)ccc1CNCC(=O)N1CCCC(c2cccc(C(=O)NCC(=O)CC)c2)C1. The Morgan fingerprint density at radius 3 is 2.33 bits per heavy atom. The van der Waals surface area contributed by atoms with E-state index in [4.69, 9.17) is 9.47 Å². The molecule has 2 aliphatic rings. The Bertz CT molecular complexity index is 1140. The number of ether oxygens (including phenoxy) is 2. The van der Waals surface area contributed by atoms with E-state index in [9.17, 15) is 14.4 Å². The van der Waals surface area contributed by atoms with Crippen LogP contribution >= 0.6 is 0 Å². The van der Waals surface area contributed by atoms with Gasteiger partial charge in [-0.05, 0) is 43.5 Å². The van der Waals surface area contributed by atoms with Crippen LogP contribution in [-0.4, -0.2) is 62.4 Å². The fraction of sp³-hybridized carbons (Fsp3) is 0.559. The van der Waals surface area contributed by atoms with Crippen LogP contribution in [0.4, 0.5) is 0 Å². The highest BCUT2D eigenvalue weighted by Crippen LogP contribution is 2.28. The van der Waals surface area contributed by atoms with Gasteiger partial charge in [0.15, 0.2) is 5.78 Å². The number of Topliss-reactive ketones (excluding diaryl/α,β-unsaturated/α-hetero) is 1. The number of hydrogen-bond donors (Lipinski definition) is 2. The lowest BCUT2D eigenvalue weighted by Gasteiger charge is -2.33. The molecule has 2 fully saturated rings. The van der Waals surface area contributed by atoms with E-state index >= 15 is 0 Å². The third-order valence-corrected chi connectivity index (χ3v) is 7.90. The quantitative estimate of drug-likeness (QED) is 0.338. The van der Waals surface area contributed by atoms with Gasteiger partial charge in [-0.2, -0.15) is 0 Å². The van der Waals surface area contributed by atoms with Gasteiger partial charge in [-0.1, -0.05) is 63.6 Å². The van der Waals surface area contributed by atoms with Crippen LogP contribution < -0.4 is 20.1 Å². The van der Waals surface area contributed by atoms with Gasteiger partial charge in [0.25, 0.3) is 5.91 Å². The molecule has 1 aliphatic heterocycles. The van der Waals surface area contributed by atoms with Crippen LogP contribution in [0.5, 0.6) is 11.5 Å². The molecule has 0 bridgehead atoms. The van der Waals surface area contributed by atoms with E-state index in [1.807, 2.05) is 48.2 Å². The molecule has 1 atom stereocenters. The van der Waals surface area contributed by atoms with Gasteiger partial charge in [0.05, 0.1) is 26.8 Å². The van der Waals surface area contributed by atoms with Crippen molar-refractivity contribution in [3.8, 4) is 11.5 Å². The fourth-order valence-electron chi connectivity index (χ4n) is 5.39. The molecule has 2 aromatic rings. The van der Waals surface area contributed by atoms with Crippen molar-refractivity contribution in [1.29, 1.82) is 0 Å². The summed E-state index contributed by atoms with van der Waals surface area (Å²) < 4.78 is 11.0. The summed E-state index contributed by atoms with van der Waals surface area (Å²) in [6.07, 6.45) is 11.3. The molecule has 1 heterocycles. The number of ketones is 1. The molecule has 0 spiro atoms. The average Bonchev–Trinajstić information content (AvgIpc) is 3.05. The Labute approximate surface area is 251 Å². The average molecular weight is 580 g/mol. The zero-order valence-electron chi connectivity index (χ0n) is 25.7. The number of carbonyl (C=O) groups excluding carboxylic acids is 3. The number of nitrogens with one attached hydrogen (secondary N) is 2. The number of piperidine rings is 1. The molecule has 1 saturated heterocycles. The first-order chi connectivity index (χ1) is 20.4.